The highest BCUT2D eigenvalue weighted by Crippen LogP contribution is 2.23. The quantitative estimate of drug-likeness (QED) is 0.226. The average molecular weight is 598 g/mol. The van der Waals surface area contributed by atoms with Gasteiger partial charge >= 0.3 is 0 Å². The van der Waals surface area contributed by atoms with Crippen molar-refractivity contribution in [2.45, 2.75) is 58.5 Å². The standard InChI is InChI=1S/C32H40ClN3O4S/c1-4-5-20-34-32(38)30(23-26-14-7-6-8-15-26)35(24-27-16-11-17-28(33)22-27)31(37)19-12-21-36(41(3,39)40)29-18-10-9-13-25(29)2/h6-11,13-18,22,30H,4-5,12,19-21,23-24H2,1-3H3,(H,34,38). The Bertz CT molecular complexity index is 1400. The molecule has 220 valence electrons. The van der Waals surface area contributed by atoms with Gasteiger partial charge in [0, 0.05) is 37.5 Å². The fraction of sp³-hybridized carbons (Fsp3) is 0.375. The number of nitrogens with zero attached hydrogens (tertiary/aromatic N) is 2. The van der Waals surface area contributed by atoms with Gasteiger partial charge < -0.3 is 10.2 Å². The van der Waals surface area contributed by atoms with Crippen molar-refractivity contribution in [1.29, 1.82) is 0 Å². The van der Waals surface area contributed by atoms with E-state index in [1.165, 1.54) is 10.6 Å². The van der Waals surface area contributed by atoms with E-state index in [0.29, 0.717) is 30.1 Å². The highest BCUT2D eigenvalue weighted by molar-refractivity contribution is 7.92. The summed E-state index contributed by atoms with van der Waals surface area (Å²) in [5.74, 6) is -0.440. The van der Waals surface area contributed by atoms with Crippen LogP contribution in [0, 0.1) is 6.92 Å². The fourth-order valence-corrected chi connectivity index (χ4v) is 5.95. The number of benzene rings is 3. The first-order valence-electron chi connectivity index (χ1n) is 14.0. The van der Waals surface area contributed by atoms with Crippen LogP contribution in [0.4, 0.5) is 5.69 Å². The molecule has 3 aromatic carbocycles. The van der Waals surface area contributed by atoms with Gasteiger partial charge in [-0.1, -0.05) is 85.6 Å². The molecule has 0 aromatic heterocycles. The summed E-state index contributed by atoms with van der Waals surface area (Å²) < 4.78 is 26.7. The van der Waals surface area contributed by atoms with Crippen molar-refractivity contribution in [1.82, 2.24) is 10.2 Å². The molecule has 3 rings (SSSR count). The zero-order chi connectivity index (χ0) is 29.8. The molecule has 0 saturated carbocycles. The minimum absolute atomic E-state index is 0.0754. The zero-order valence-corrected chi connectivity index (χ0v) is 25.6. The third-order valence-electron chi connectivity index (χ3n) is 6.88. The van der Waals surface area contributed by atoms with Crippen LogP contribution in [-0.2, 0) is 32.6 Å². The lowest BCUT2D eigenvalue weighted by Crippen LogP contribution is -2.50. The first-order chi connectivity index (χ1) is 19.6. The Labute approximate surface area is 249 Å². The zero-order valence-electron chi connectivity index (χ0n) is 24.1. The number of nitrogens with one attached hydrogen (secondary N) is 1. The number of hydrogen-bond donors (Lipinski definition) is 1. The highest BCUT2D eigenvalue weighted by Gasteiger charge is 2.30. The van der Waals surface area contributed by atoms with Gasteiger partial charge in [0.1, 0.15) is 6.04 Å². The summed E-state index contributed by atoms with van der Waals surface area (Å²) in [4.78, 5) is 29.0. The molecule has 0 aliphatic rings. The molecule has 7 nitrogen and oxygen atoms in total. The normalized spacial score (nSPS) is 12.0. The highest BCUT2D eigenvalue weighted by atomic mass is 35.5. The lowest BCUT2D eigenvalue weighted by atomic mass is 10.0. The Morgan fingerprint density at radius 2 is 1.61 bits per heavy atom. The first-order valence-corrected chi connectivity index (χ1v) is 16.2. The molecule has 1 unspecified atom stereocenters. The number of carbonyl (C=O) groups is 2. The van der Waals surface area contributed by atoms with Gasteiger partial charge in [-0.15, -0.1) is 0 Å². The van der Waals surface area contributed by atoms with E-state index in [9.17, 15) is 18.0 Å². The predicted molar refractivity (Wildman–Crippen MR) is 166 cm³/mol. The summed E-state index contributed by atoms with van der Waals surface area (Å²) in [6.07, 6.45) is 3.67. The predicted octanol–water partition coefficient (Wildman–Crippen LogP) is 5.75. The number of unbranched alkanes of at least 4 members (excludes halogenated alkanes) is 1. The van der Waals surface area contributed by atoms with Gasteiger partial charge in [-0.2, -0.15) is 0 Å². The van der Waals surface area contributed by atoms with Crippen molar-refractivity contribution >= 4 is 39.1 Å². The van der Waals surface area contributed by atoms with Crippen molar-refractivity contribution in [2.75, 3.05) is 23.7 Å². The molecule has 0 bridgehead atoms. The summed E-state index contributed by atoms with van der Waals surface area (Å²) in [5, 5.41) is 3.56. The Morgan fingerprint density at radius 1 is 0.927 bits per heavy atom. The summed E-state index contributed by atoms with van der Waals surface area (Å²) in [6.45, 7) is 4.79. The Morgan fingerprint density at radius 3 is 2.27 bits per heavy atom. The van der Waals surface area contributed by atoms with Crippen molar-refractivity contribution in [2.24, 2.45) is 0 Å². The maximum Gasteiger partial charge on any atom is 0.243 e. The largest absolute Gasteiger partial charge is 0.354 e. The van der Waals surface area contributed by atoms with Crippen LogP contribution in [0.3, 0.4) is 0 Å². The minimum atomic E-state index is -3.57. The van der Waals surface area contributed by atoms with Crippen LogP contribution in [0.1, 0.15) is 49.3 Å². The number of rotatable bonds is 15. The Balaban J connectivity index is 1.88. The molecular formula is C32H40ClN3O4S. The monoisotopic (exact) mass is 597 g/mol. The molecule has 0 heterocycles. The van der Waals surface area contributed by atoms with E-state index in [1.807, 2.05) is 61.5 Å². The summed E-state index contributed by atoms with van der Waals surface area (Å²) in [7, 11) is -3.57. The lowest BCUT2D eigenvalue weighted by molar-refractivity contribution is -0.141. The van der Waals surface area contributed by atoms with Crippen molar-refractivity contribution in [3.63, 3.8) is 0 Å². The SMILES string of the molecule is CCCCNC(=O)C(Cc1ccccc1)N(Cc1cccc(Cl)c1)C(=O)CCCN(c1ccccc1C)S(C)(=O)=O. The third kappa shape index (κ3) is 9.90. The van der Waals surface area contributed by atoms with Gasteiger partial charge in [0.05, 0.1) is 11.9 Å². The fourth-order valence-electron chi connectivity index (χ4n) is 4.72. The number of sulfonamides is 1. The van der Waals surface area contributed by atoms with Crippen molar-refractivity contribution < 1.29 is 18.0 Å². The Hall–Kier alpha value is -3.36. The molecule has 0 aliphatic carbocycles. The van der Waals surface area contributed by atoms with Crippen LogP contribution < -0.4 is 9.62 Å². The van der Waals surface area contributed by atoms with Crippen LogP contribution in [0.5, 0.6) is 0 Å². The van der Waals surface area contributed by atoms with Gasteiger partial charge in [-0.25, -0.2) is 8.42 Å². The smallest absolute Gasteiger partial charge is 0.243 e. The van der Waals surface area contributed by atoms with E-state index in [0.717, 1.165) is 29.5 Å². The maximum atomic E-state index is 13.9. The van der Waals surface area contributed by atoms with Crippen LogP contribution in [0.2, 0.25) is 5.02 Å². The number of hydrogen-bond acceptors (Lipinski definition) is 4. The molecule has 9 heteroatoms. The molecule has 2 amide bonds. The number of amides is 2. The average Bonchev–Trinajstić information content (AvgIpc) is 2.93. The molecular weight excluding hydrogens is 558 g/mol. The van der Waals surface area contributed by atoms with Gasteiger partial charge in [-0.05, 0) is 54.7 Å². The lowest BCUT2D eigenvalue weighted by Gasteiger charge is -2.32. The maximum absolute atomic E-state index is 13.9. The number of anilines is 1. The first kappa shape index (κ1) is 32.2. The van der Waals surface area contributed by atoms with E-state index < -0.39 is 16.1 Å². The second-order valence-corrected chi connectivity index (χ2v) is 12.6. The summed E-state index contributed by atoms with van der Waals surface area (Å²) in [6, 6.07) is 23.4. The number of halogens is 1. The number of carbonyl (C=O) groups excluding carboxylic acids is 2. The summed E-state index contributed by atoms with van der Waals surface area (Å²) >= 11 is 6.25. The van der Waals surface area contributed by atoms with Gasteiger partial charge in [0.2, 0.25) is 21.8 Å². The van der Waals surface area contributed by atoms with Crippen LogP contribution in [0.25, 0.3) is 0 Å². The molecule has 1 N–H and O–H groups in total. The molecule has 0 radical (unpaired) electrons. The minimum Gasteiger partial charge on any atom is -0.354 e. The number of para-hydroxylation sites is 1. The van der Waals surface area contributed by atoms with Gasteiger partial charge in [0.25, 0.3) is 0 Å². The van der Waals surface area contributed by atoms with E-state index in [4.69, 9.17) is 11.6 Å². The van der Waals surface area contributed by atoms with E-state index in [1.54, 1.807) is 29.2 Å². The molecule has 0 spiro atoms. The second-order valence-electron chi connectivity index (χ2n) is 10.2. The van der Waals surface area contributed by atoms with Crippen LogP contribution in [0.15, 0.2) is 78.9 Å². The number of aryl methyl sites for hydroxylation is 1. The third-order valence-corrected chi connectivity index (χ3v) is 8.29. The van der Waals surface area contributed by atoms with E-state index >= 15 is 0 Å². The topological polar surface area (TPSA) is 86.8 Å². The summed E-state index contributed by atoms with van der Waals surface area (Å²) in [5.41, 5.74) is 3.17. The van der Waals surface area contributed by atoms with Gasteiger partial charge in [-0.3, -0.25) is 13.9 Å². The second kappa shape index (κ2) is 15.6. The molecule has 0 fully saturated rings. The molecule has 3 aromatic rings. The molecule has 0 saturated heterocycles. The van der Waals surface area contributed by atoms with Crippen molar-refractivity contribution in [3.05, 3.63) is 101 Å². The van der Waals surface area contributed by atoms with E-state index in [2.05, 4.69) is 12.2 Å². The molecule has 0 aliphatic heterocycles. The van der Waals surface area contributed by atoms with Gasteiger partial charge in [0.15, 0.2) is 0 Å². The Kier molecular flexibility index (Phi) is 12.2. The van der Waals surface area contributed by atoms with E-state index in [-0.39, 0.29) is 31.3 Å². The van der Waals surface area contributed by atoms with Crippen molar-refractivity contribution in [3.8, 4) is 0 Å². The van der Waals surface area contributed by atoms with Crippen LogP contribution in [-0.4, -0.2) is 50.5 Å². The molecule has 1 atom stereocenters. The van der Waals surface area contributed by atoms with Crippen LogP contribution >= 0.6 is 11.6 Å². The molecule has 41 heavy (non-hydrogen) atoms.